The van der Waals surface area contributed by atoms with Crippen LogP contribution < -0.4 is 15.2 Å². The molecule has 0 radical (unpaired) electrons. The molecule has 0 amide bonds. The van der Waals surface area contributed by atoms with Gasteiger partial charge in [0.05, 0.1) is 14.2 Å². The van der Waals surface area contributed by atoms with E-state index in [2.05, 4.69) is 19.9 Å². The summed E-state index contributed by atoms with van der Waals surface area (Å²) in [4.78, 5) is 0. The molecular weight excluding hydrogens is 226 g/mol. The van der Waals surface area contributed by atoms with E-state index in [-0.39, 0.29) is 6.04 Å². The Morgan fingerprint density at radius 2 is 1.67 bits per heavy atom. The molecule has 0 aliphatic rings. The third-order valence-corrected chi connectivity index (χ3v) is 3.57. The van der Waals surface area contributed by atoms with Crippen LogP contribution in [0, 0.1) is 5.92 Å². The van der Waals surface area contributed by atoms with E-state index in [1.165, 1.54) is 5.56 Å². The van der Waals surface area contributed by atoms with Crippen molar-refractivity contribution in [1.82, 2.24) is 0 Å². The lowest BCUT2D eigenvalue weighted by Crippen LogP contribution is -2.31. The summed E-state index contributed by atoms with van der Waals surface area (Å²) in [5.74, 6) is 2.11. The lowest BCUT2D eigenvalue weighted by Gasteiger charge is -2.21. The Morgan fingerprint density at radius 3 is 2.17 bits per heavy atom. The maximum Gasteiger partial charge on any atom is 0.160 e. The van der Waals surface area contributed by atoms with Gasteiger partial charge < -0.3 is 15.2 Å². The molecule has 0 aliphatic heterocycles. The van der Waals surface area contributed by atoms with Crippen LogP contribution >= 0.6 is 0 Å². The summed E-state index contributed by atoms with van der Waals surface area (Å²) < 4.78 is 10.5. The first-order valence-corrected chi connectivity index (χ1v) is 6.62. The smallest absolute Gasteiger partial charge is 0.160 e. The third-order valence-electron chi connectivity index (χ3n) is 3.57. The number of hydrogen-bond acceptors (Lipinski definition) is 3. The molecule has 0 aromatic heterocycles. The van der Waals surface area contributed by atoms with Gasteiger partial charge in [0.1, 0.15) is 0 Å². The van der Waals surface area contributed by atoms with E-state index in [0.717, 1.165) is 30.8 Å². The molecule has 3 heteroatoms. The Labute approximate surface area is 110 Å². The first-order valence-electron chi connectivity index (χ1n) is 6.62. The minimum absolute atomic E-state index is 0.207. The van der Waals surface area contributed by atoms with E-state index in [4.69, 9.17) is 15.2 Å². The molecule has 1 aromatic rings. The second kappa shape index (κ2) is 7.27. The Balaban J connectivity index is 2.78. The predicted molar refractivity (Wildman–Crippen MR) is 75.3 cm³/mol. The maximum atomic E-state index is 6.26. The second-order valence-electron chi connectivity index (χ2n) is 4.63. The summed E-state index contributed by atoms with van der Waals surface area (Å²) >= 11 is 0. The molecule has 1 aromatic carbocycles. The van der Waals surface area contributed by atoms with Gasteiger partial charge in [-0.1, -0.05) is 32.8 Å². The molecule has 1 atom stereocenters. The van der Waals surface area contributed by atoms with Crippen LogP contribution in [0.2, 0.25) is 0 Å². The average molecular weight is 251 g/mol. The predicted octanol–water partition coefficient (Wildman–Crippen LogP) is 3.01. The van der Waals surface area contributed by atoms with Gasteiger partial charge in [-0.3, -0.25) is 0 Å². The minimum atomic E-state index is 0.207. The van der Waals surface area contributed by atoms with Crippen LogP contribution in [-0.2, 0) is 6.42 Å². The average Bonchev–Trinajstić information content (AvgIpc) is 2.40. The molecule has 0 heterocycles. The maximum absolute atomic E-state index is 6.26. The summed E-state index contributed by atoms with van der Waals surface area (Å²) in [6.07, 6.45) is 3.14. The van der Waals surface area contributed by atoms with Crippen LogP contribution in [0.3, 0.4) is 0 Å². The van der Waals surface area contributed by atoms with Crippen molar-refractivity contribution in [3.05, 3.63) is 23.8 Å². The molecular formula is C15H25NO2. The van der Waals surface area contributed by atoms with Gasteiger partial charge in [0.2, 0.25) is 0 Å². The largest absolute Gasteiger partial charge is 0.493 e. The van der Waals surface area contributed by atoms with E-state index in [1.54, 1.807) is 14.2 Å². The zero-order chi connectivity index (χ0) is 13.5. The molecule has 0 aliphatic carbocycles. The zero-order valence-corrected chi connectivity index (χ0v) is 11.9. The summed E-state index contributed by atoms with van der Waals surface area (Å²) in [5.41, 5.74) is 7.46. The quantitative estimate of drug-likeness (QED) is 0.810. The number of ether oxygens (including phenoxy) is 2. The number of hydrogen-bond donors (Lipinski definition) is 1. The van der Waals surface area contributed by atoms with E-state index >= 15 is 0 Å². The molecule has 0 bridgehead atoms. The standard InChI is InChI=1S/C15H25NO2/c1-5-12(6-2)13(16)9-11-7-8-14(17-3)15(10-11)18-4/h7-8,10,12-13H,5-6,9,16H2,1-4H3. The highest BCUT2D eigenvalue weighted by molar-refractivity contribution is 5.43. The molecule has 1 rings (SSSR count). The fourth-order valence-electron chi connectivity index (χ4n) is 2.34. The van der Waals surface area contributed by atoms with Gasteiger partial charge in [0.15, 0.2) is 11.5 Å². The normalized spacial score (nSPS) is 12.6. The fourth-order valence-corrected chi connectivity index (χ4v) is 2.34. The van der Waals surface area contributed by atoms with Gasteiger partial charge in [-0.2, -0.15) is 0 Å². The lowest BCUT2D eigenvalue weighted by molar-refractivity contribution is 0.353. The summed E-state index contributed by atoms with van der Waals surface area (Å²) in [5, 5.41) is 0. The van der Waals surface area contributed by atoms with E-state index in [0.29, 0.717) is 5.92 Å². The van der Waals surface area contributed by atoms with Crippen molar-refractivity contribution in [2.75, 3.05) is 14.2 Å². The highest BCUT2D eigenvalue weighted by atomic mass is 16.5. The molecule has 0 fully saturated rings. The van der Waals surface area contributed by atoms with Gasteiger partial charge in [0.25, 0.3) is 0 Å². The molecule has 0 spiro atoms. The zero-order valence-electron chi connectivity index (χ0n) is 11.9. The van der Waals surface area contributed by atoms with Gasteiger partial charge in [-0.25, -0.2) is 0 Å². The fraction of sp³-hybridized carbons (Fsp3) is 0.600. The van der Waals surface area contributed by atoms with Crippen molar-refractivity contribution < 1.29 is 9.47 Å². The van der Waals surface area contributed by atoms with E-state index in [9.17, 15) is 0 Å². The van der Waals surface area contributed by atoms with E-state index in [1.807, 2.05) is 12.1 Å². The molecule has 0 saturated heterocycles. The number of benzene rings is 1. The van der Waals surface area contributed by atoms with Crippen LogP contribution in [0.1, 0.15) is 32.3 Å². The van der Waals surface area contributed by atoms with Crippen LogP contribution in [0.5, 0.6) is 11.5 Å². The number of rotatable bonds is 7. The van der Waals surface area contributed by atoms with Crippen LogP contribution in [0.25, 0.3) is 0 Å². The first-order chi connectivity index (χ1) is 8.65. The highest BCUT2D eigenvalue weighted by Crippen LogP contribution is 2.28. The molecule has 2 N–H and O–H groups in total. The van der Waals surface area contributed by atoms with Crippen molar-refractivity contribution in [3.8, 4) is 11.5 Å². The topological polar surface area (TPSA) is 44.5 Å². The lowest BCUT2D eigenvalue weighted by atomic mass is 9.90. The molecule has 3 nitrogen and oxygen atoms in total. The van der Waals surface area contributed by atoms with Gasteiger partial charge in [-0.05, 0) is 30.0 Å². The molecule has 102 valence electrons. The monoisotopic (exact) mass is 251 g/mol. The van der Waals surface area contributed by atoms with Gasteiger partial charge in [0, 0.05) is 6.04 Å². The highest BCUT2D eigenvalue weighted by Gasteiger charge is 2.15. The van der Waals surface area contributed by atoms with Crippen molar-refractivity contribution in [3.63, 3.8) is 0 Å². The minimum Gasteiger partial charge on any atom is -0.493 e. The second-order valence-corrected chi connectivity index (χ2v) is 4.63. The van der Waals surface area contributed by atoms with Gasteiger partial charge >= 0.3 is 0 Å². The number of methoxy groups -OCH3 is 2. The van der Waals surface area contributed by atoms with Crippen molar-refractivity contribution >= 4 is 0 Å². The molecule has 1 unspecified atom stereocenters. The Bertz CT molecular complexity index is 362. The molecule has 18 heavy (non-hydrogen) atoms. The first kappa shape index (κ1) is 14.8. The van der Waals surface area contributed by atoms with Crippen LogP contribution in [-0.4, -0.2) is 20.3 Å². The summed E-state index contributed by atoms with van der Waals surface area (Å²) in [6, 6.07) is 6.22. The van der Waals surface area contributed by atoms with Gasteiger partial charge in [-0.15, -0.1) is 0 Å². The Morgan fingerprint density at radius 1 is 1.06 bits per heavy atom. The van der Waals surface area contributed by atoms with Crippen LogP contribution in [0.15, 0.2) is 18.2 Å². The number of nitrogens with two attached hydrogens (primary N) is 1. The summed E-state index contributed by atoms with van der Waals surface area (Å²) in [7, 11) is 3.30. The Hall–Kier alpha value is -1.22. The van der Waals surface area contributed by atoms with E-state index < -0.39 is 0 Å². The SMILES string of the molecule is CCC(CC)C(N)Cc1ccc(OC)c(OC)c1. The summed E-state index contributed by atoms with van der Waals surface area (Å²) in [6.45, 7) is 4.39. The Kier molecular flexibility index (Phi) is 5.99. The molecule has 0 saturated carbocycles. The van der Waals surface area contributed by atoms with Crippen molar-refractivity contribution in [1.29, 1.82) is 0 Å². The van der Waals surface area contributed by atoms with Crippen molar-refractivity contribution in [2.45, 2.75) is 39.2 Å². The van der Waals surface area contributed by atoms with Crippen molar-refractivity contribution in [2.24, 2.45) is 11.7 Å². The van der Waals surface area contributed by atoms with Crippen LogP contribution in [0.4, 0.5) is 0 Å². The third kappa shape index (κ3) is 3.64.